The fourth-order valence-corrected chi connectivity index (χ4v) is 2.01. The number of fused-ring (bicyclic) bond motifs is 1. The lowest BCUT2D eigenvalue weighted by Crippen LogP contribution is -2.04. The van der Waals surface area contributed by atoms with Crippen molar-refractivity contribution in [3.05, 3.63) is 47.8 Å². The Balaban J connectivity index is 1.91. The van der Waals surface area contributed by atoms with E-state index in [1.807, 2.05) is 18.2 Å². The molecule has 0 atom stereocenters. The normalized spacial score (nSPS) is 12.5. The van der Waals surface area contributed by atoms with Gasteiger partial charge in [0.2, 0.25) is 6.79 Å². The van der Waals surface area contributed by atoms with Gasteiger partial charge in [0, 0.05) is 29.5 Å². The van der Waals surface area contributed by atoms with Gasteiger partial charge in [0.05, 0.1) is 0 Å². The topological polar surface area (TPSA) is 56.5 Å². The van der Waals surface area contributed by atoms with Gasteiger partial charge in [-0.3, -0.25) is 0 Å². The molecule has 19 heavy (non-hydrogen) atoms. The first-order valence-electron chi connectivity index (χ1n) is 5.92. The standard InChI is InChI=1S/C14H13FN2O2/c15-11-2-1-3-12(10(11)7-16)17-9-4-5-13-14(6-9)19-8-18-13/h1-6,17H,7-8,16H2. The van der Waals surface area contributed by atoms with Crippen LogP contribution < -0.4 is 20.5 Å². The number of ether oxygens (including phenoxy) is 2. The predicted octanol–water partition coefficient (Wildman–Crippen LogP) is 2.76. The number of halogens is 1. The van der Waals surface area contributed by atoms with Crippen molar-refractivity contribution in [3.63, 3.8) is 0 Å². The summed E-state index contributed by atoms with van der Waals surface area (Å²) in [5, 5.41) is 3.14. The summed E-state index contributed by atoms with van der Waals surface area (Å²) < 4.78 is 24.1. The number of rotatable bonds is 3. The molecule has 4 nitrogen and oxygen atoms in total. The lowest BCUT2D eigenvalue weighted by atomic mass is 10.1. The van der Waals surface area contributed by atoms with E-state index in [1.165, 1.54) is 6.07 Å². The molecule has 3 rings (SSSR count). The molecule has 0 amide bonds. The molecule has 3 N–H and O–H groups in total. The third kappa shape index (κ3) is 2.20. The second-order valence-corrected chi connectivity index (χ2v) is 4.16. The van der Waals surface area contributed by atoms with Gasteiger partial charge in [0.25, 0.3) is 0 Å². The second-order valence-electron chi connectivity index (χ2n) is 4.16. The molecule has 2 aromatic rings. The van der Waals surface area contributed by atoms with E-state index in [1.54, 1.807) is 12.1 Å². The third-order valence-electron chi connectivity index (χ3n) is 2.97. The number of nitrogens with two attached hydrogens (primary N) is 1. The van der Waals surface area contributed by atoms with E-state index in [9.17, 15) is 4.39 Å². The molecule has 0 unspecified atom stereocenters. The monoisotopic (exact) mass is 260 g/mol. The highest BCUT2D eigenvalue weighted by molar-refractivity contribution is 5.66. The minimum absolute atomic E-state index is 0.138. The molecule has 2 aromatic carbocycles. The van der Waals surface area contributed by atoms with Crippen LogP contribution in [0, 0.1) is 5.82 Å². The lowest BCUT2D eigenvalue weighted by Gasteiger charge is -2.12. The van der Waals surface area contributed by atoms with Crippen LogP contribution in [0.3, 0.4) is 0 Å². The summed E-state index contributed by atoms with van der Waals surface area (Å²) in [5.41, 5.74) is 7.48. The molecule has 1 aliphatic heterocycles. The number of nitrogens with one attached hydrogen (secondary N) is 1. The van der Waals surface area contributed by atoms with Gasteiger partial charge in [-0.15, -0.1) is 0 Å². The zero-order chi connectivity index (χ0) is 13.2. The van der Waals surface area contributed by atoms with Crippen LogP contribution >= 0.6 is 0 Å². The highest BCUT2D eigenvalue weighted by Crippen LogP contribution is 2.35. The van der Waals surface area contributed by atoms with Gasteiger partial charge < -0.3 is 20.5 Å². The summed E-state index contributed by atoms with van der Waals surface area (Å²) in [6, 6.07) is 10.3. The Morgan fingerprint density at radius 3 is 2.84 bits per heavy atom. The molecule has 0 saturated heterocycles. The number of hydrogen-bond donors (Lipinski definition) is 2. The van der Waals surface area contributed by atoms with Gasteiger partial charge >= 0.3 is 0 Å². The maximum atomic E-state index is 13.6. The van der Waals surface area contributed by atoms with Crippen LogP contribution in [-0.4, -0.2) is 6.79 Å². The molecule has 0 fully saturated rings. The van der Waals surface area contributed by atoms with E-state index in [0.29, 0.717) is 22.7 Å². The van der Waals surface area contributed by atoms with Gasteiger partial charge in [0.1, 0.15) is 5.82 Å². The van der Waals surface area contributed by atoms with Crippen LogP contribution in [-0.2, 0) is 6.54 Å². The molecule has 0 spiro atoms. The molecule has 1 aliphatic rings. The van der Waals surface area contributed by atoms with Crippen LogP contribution in [0.25, 0.3) is 0 Å². The summed E-state index contributed by atoms with van der Waals surface area (Å²) in [4.78, 5) is 0. The highest BCUT2D eigenvalue weighted by atomic mass is 19.1. The van der Waals surface area contributed by atoms with E-state index in [0.717, 1.165) is 5.69 Å². The Hall–Kier alpha value is -2.27. The zero-order valence-corrected chi connectivity index (χ0v) is 10.2. The van der Waals surface area contributed by atoms with Crippen LogP contribution in [0.2, 0.25) is 0 Å². The summed E-state index contributed by atoms with van der Waals surface area (Å²) in [7, 11) is 0. The summed E-state index contributed by atoms with van der Waals surface area (Å²) in [6.07, 6.45) is 0. The van der Waals surface area contributed by atoms with E-state index in [-0.39, 0.29) is 19.2 Å². The molecule has 0 aliphatic carbocycles. The van der Waals surface area contributed by atoms with Crippen molar-refractivity contribution in [3.8, 4) is 11.5 Å². The molecule has 98 valence electrons. The van der Waals surface area contributed by atoms with E-state index >= 15 is 0 Å². The van der Waals surface area contributed by atoms with Crippen molar-refractivity contribution < 1.29 is 13.9 Å². The average molecular weight is 260 g/mol. The highest BCUT2D eigenvalue weighted by Gasteiger charge is 2.14. The van der Waals surface area contributed by atoms with Gasteiger partial charge in [-0.1, -0.05) is 6.07 Å². The quantitative estimate of drug-likeness (QED) is 0.891. The smallest absolute Gasteiger partial charge is 0.231 e. The molecule has 5 heteroatoms. The molecule has 0 bridgehead atoms. The zero-order valence-electron chi connectivity index (χ0n) is 10.2. The van der Waals surface area contributed by atoms with Crippen molar-refractivity contribution in [1.82, 2.24) is 0 Å². The van der Waals surface area contributed by atoms with Gasteiger partial charge in [0.15, 0.2) is 11.5 Å². The minimum Gasteiger partial charge on any atom is -0.454 e. The molecule has 1 heterocycles. The largest absolute Gasteiger partial charge is 0.454 e. The Morgan fingerprint density at radius 1 is 1.16 bits per heavy atom. The maximum Gasteiger partial charge on any atom is 0.231 e. The fourth-order valence-electron chi connectivity index (χ4n) is 2.01. The van der Waals surface area contributed by atoms with E-state index in [2.05, 4.69) is 5.32 Å². The lowest BCUT2D eigenvalue weighted by molar-refractivity contribution is 0.174. The Kier molecular flexibility index (Phi) is 2.97. The molecule has 0 aromatic heterocycles. The van der Waals surface area contributed by atoms with Gasteiger partial charge in [-0.2, -0.15) is 0 Å². The van der Waals surface area contributed by atoms with Crippen molar-refractivity contribution >= 4 is 11.4 Å². The number of benzene rings is 2. The minimum atomic E-state index is -0.312. The van der Waals surface area contributed by atoms with Crippen LogP contribution in [0.4, 0.5) is 15.8 Å². The summed E-state index contributed by atoms with van der Waals surface area (Å²) in [6.45, 7) is 0.367. The van der Waals surface area contributed by atoms with Crippen molar-refractivity contribution in [1.29, 1.82) is 0 Å². The van der Waals surface area contributed by atoms with E-state index < -0.39 is 0 Å². The average Bonchev–Trinajstić information content (AvgIpc) is 2.86. The van der Waals surface area contributed by atoms with Crippen molar-refractivity contribution in [2.45, 2.75) is 6.54 Å². The first-order chi connectivity index (χ1) is 9.28. The SMILES string of the molecule is NCc1c(F)cccc1Nc1ccc2c(c1)OCO2. The van der Waals surface area contributed by atoms with Crippen LogP contribution in [0.15, 0.2) is 36.4 Å². The number of hydrogen-bond acceptors (Lipinski definition) is 4. The van der Waals surface area contributed by atoms with Crippen molar-refractivity contribution in [2.75, 3.05) is 12.1 Å². The fraction of sp³-hybridized carbons (Fsp3) is 0.143. The summed E-state index contributed by atoms with van der Waals surface area (Å²) in [5.74, 6) is 1.08. The Bertz CT molecular complexity index is 616. The molecular weight excluding hydrogens is 247 g/mol. The first-order valence-corrected chi connectivity index (χ1v) is 5.92. The van der Waals surface area contributed by atoms with Crippen molar-refractivity contribution in [2.24, 2.45) is 5.73 Å². The predicted molar refractivity (Wildman–Crippen MR) is 70.1 cm³/mol. The molecule has 0 saturated carbocycles. The summed E-state index contributed by atoms with van der Waals surface area (Å²) >= 11 is 0. The Labute approximate surface area is 109 Å². The van der Waals surface area contributed by atoms with Gasteiger partial charge in [-0.25, -0.2) is 4.39 Å². The maximum absolute atomic E-state index is 13.6. The second kappa shape index (κ2) is 4.78. The Morgan fingerprint density at radius 2 is 2.00 bits per heavy atom. The van der Waals surface area contributed by atoms with E-state index in [4.69, 9.17) is 15.2 Å². The molecule has 0 radical (unpaired) electrons. The van der Waals surface area contributed by atoms with Crippen LogP contribution in [0.5, 0.6) is 11.5 Å². The van der Waals surface area contributed by atoms with Crippen LogP contribution in [0.1, 0.15) is 5.56 Å². The first kappa shape index (κ1) is 11.8. The number of anilines is 2. The van der Waals surface area contributed by atoms with Gasteiger partial charge in [-0.05, 0) is 24.3 Å². The third-order valence-corrected chi connectivity index (χ3v) is 2.97. The molecular formula is C14H13FN2O2.